The first-order chi connectivity index (χ1) is 8.61. The van der Waals surface area contributed by atoms with E-state index < -0.39 is 16.9 Å². The fourth-order valence-electron chi connectivity index (χ4n) is 1.98. The third kappa shape index (κ3) is 3.18. The van der Waals surface area contributed by atoms with Gasteiger partial charge in [0.05, 0.1) is 11.0 Å². The first-order valence-electron chi connectivity index (χ1n) is 6.62. The highest BCUT2D eigenvalue weighted by atomic mass is 16.4. The number of nitrogens with zero attached hydrogens (tertiary/aromatic N) is 1. The van der Waals surface area contributed by atoms with Crippen LogP contribution in [-0.4, -0.2) is 47.2 Å². The van der Waals surface area contributed by atoms with E-state index in [4.69, 9.17) is 5.73 Å². The van der Waals surface area contributed by atoms with Crippen molar-refractivity contribution in [3.05, 3.63) is 0 Å². The number of rotatable bonds is 4. The zero-order valence-corrected chi connectivity index (χ0v) is 12.2. The number of urea groups is 1. The Balaban J connectivity index is 2.69. The van der Waals surface area contributed by atoms with Crippen molar-refractivity contribution in [2.75, 3.05) is 19.6 Å². The summed E-state index contributed by atoms with van der Waals surface area (Å²) >= 11 is 0. The molecule has 1 atom stereocenters. The Morgan fingerprint density at radius 3 is 2.37 bits per heavy atom. The van der Waals surface area contributed by atoms with Crippen LogP contribution >= 0.6 is 0 Å². The van der Waals surface area contributed by atoms with Gasteiger partial charge in [-0.15, -0.1) is 0 Å². The van der Waals surface area contributed by atoms with Crippen molar-refractivity contribution < 1.29 is 14.7 Å². The summed E-state index contributed by atoms with van der Waals surface area (Å²) in [4.78, 5) is 25.2. The number of carbonyl (C=O) groups excluding carboxylic acids is 1. The average molecular weight is 271 g/mol. The van der Waals surface area contributed by atoms with Gasteiger partial charge in [-0.2, -0.15) is 0 Å². The van der Waals surface area contributed by atoms with Gasteiger partial charge < -0.3 is 21.1 Å². The zero-order chi connectivity index (χ0) is 14.8. The van der Waals surface area contributed by atoms with Crippen LogP contribution in [0.3, 0.4) is 0 Å². The molecule has 1 aliphatic heterocycles. The lowest BCUT2D eigenvalue weighted by Gasteiger charge is -2.39. The van der Waals surface area contributed by atoms with E-state index in [2.05, 4.69) is 5.32 Å². The van der Waals surface area contributed by atoms with Crippen molar-refractivity contribution >= 4 is 12.0 Å². The number of hydrogen-bond acceptors (Lipinski definition) is 3. The summed E-state index contributed by atoms with van der Waals surface area (Å²) in [5, 5.41) is 12.1. The third-order valence-electron chi connectivity index (χ3n) is 4.42. The average Bonchev–Trinajstić information content (AvgIpc) is 2.76. The number of aliphatic carboxylic acids is 1. The normalized spacial score (nSPS) is 20.5. The minimum absolute atomic E-state index is 0.213. The number of hydrogen-bond donors (Lipinski definition) is 3. The summed E-state index contributed by atoms with van der Waals surface area (Å²) in [6, 6.07) is -0.213. The second kappa shape index (κ2) is 5.36. The van der Waals surface area contributed by atoms with Crippen LogP contribution < -0.4 is 11.1 Å². The molecule has 0 aromatic heterocycles. The molecule has 1 aliphatic rings. The maximum absolute atomic E-state index is 12.2. The molecule has 0 aromatic carbocycles. The van der Waals surface area contributed by atoms with Crippen LogP contribution in [0, 0.1) is 11.3 Å². The maximum atomic E-state index is 12.2. The zero-order valence-electron chi connectivity index (χ0n) is 12.2. The van der Waals surface area contributed by atoms with Crippen LogP contribution in [0.4, 0.5) is 4.79 Å². The molecular formula is C13H25N3O3. The number of carboxylic acids is 1. The van der Waals surface area contributed by atoms with Gasteiger partial charge in [0.1, 0.15) is 0 Å². The van der Waals surface area contributed by atoms with E-state index in [1.165, 1.54) is 0 Å². The van der Waals surface area contributed by atoms with Gasteiger partial charge >= 0.3 is 12.0 Å². The van der Waals surface area contributed by atoms with Gasteiger partial charge in [0.15, 0.2) is 0 Å². The van der Waals surface area contributed by atoms with Crippen molar-refractivity contribution in [3.63, 3.8) is 0 Å². The molecule has 0 radical (unpaired) electrons. The standard InChI is InChI=1S/C13H25N3O3/c1-12(2,10(17)18)13(3,4)15-11(19)16-6-5-9(7-14)8-16/h9H,5-8,14H2,1-4H3,(H,15,19)(H,17,18). The predicted molar refractivity (Wildman–Crippen MR) is 72.8 cm³/mol. The quantitative estimate of drug-likeness (QED) is 0.707. The SMILES string of the molecule is CC(C)(NC(=O)N1CCC(CN)C1)C(C)(C)C(=O)O. The summed E-state index contributed by atoms with van der Waals surface area (Å²) in [6.07, 6.45) is 0.909. The smallest absolute Gasteiger partial charge is 0.317 e. The summed E-state index contributed by atoms with van der Waals surface area (Å²) in [5.74, 6) is -0.583. The van der Waals surface area contributed by atoms with Gasteiger partial charge in [-0.3, -0.25) is 4.79 Å². The first-order valence-corrected chi connectivity index (χ1v) is 6.62. The number of nitrogens with two attached hydrogens (primary N) is 1. The van der Waals surface area contributed by atoms with Crippen LogP contribution in [0.15, 0.2) is 0 Å². The molecule has 1 unspecified atom stereocenters. The van der Waals surface area contributed by atoms with E-state index in [1.807, 2.05) is 0 Å². The van der Waals surface area contributed by atoms with Crippen molar-refractivity contribution in [3.8, 4) is 0 Å². The maximum Gasteiger partial charge on any atom is 0.317 e. The van der Waals surface area contributed by atoms with E-state index in [0.29, 0.717) is 25.6 Å². The lowest BCUT2D eigenvalue weighted by Crippen LogP contribution is -2.59. The summed E-state index contributed by atoms with van der Waals surface area (Å²) in [6.45, 7) is 8.59. The van der Waals surface area contributed by atoms with Crippen LogP contribution in [0.1, 0.15) is 34.1 Å². The van der Waals surface area contributed by atoms with Crippen LogP contribution in [0.25, 0.3) is 0 Å². The van der Waals surface area contributed by atoms with Gasteiger partial charge in [0.25, 0.3) is 0 Å². The molecule has 1 fully saturated rings. The van der Waals surface area contributed by atoms with E-state index in [1.54, 1.807) is 32.6 Å². The fourth-order valence-corrected chi connectivity index (χ4v) is 1.98. The van der Waals surface area contributed by atoms with Gasteiger partial charge in [-0.25, -0.2) is 4.79 Å². The molecule has 0 aliphatic carbocycles. The molecule has 1 rings (SSSR count). The van der Waals surface area contributed by atoms with Crippen molar-refractivity contribution in [2.45, 2.75) is 39.7 Å². The van der Waals surface area contributed by atoms with Crippen molar-refractivity contribution in [1.82, 2.24) is 10.2 Å². The van der Waals surface area contributed by atoms with E-state index in [0.717, 1.165) is 6.42 Å². The molecular weight excluding hydrogens is 246 g/mol. The van der Waals surface area contributed by atoms with Gasteiger partial charge in [-0.1, -0.05) is 0 Å². The molecule has 0 saturated carbocycles. The second-order valence-electron chi connectivity index (χ2n) is 6.32. The number of nitrogens with one attached hydrogen (secondary N) is 1. The first kappa shape index (κ1) is 15.8. The number of carbonyl (C=O) groups is 2. The largest absolute Gasteiger partial charge is 0.481 e. The summed E-state index contributed by atoms with van der Waals surface area (Å²) in [7, 11) is 0. The molecule has 1 heterocycles. The highest BCUT2D eigenvalue weighted by molar-refractivity contribution is 5.79. The number of carboxylic acid groups (broad SMARTS) is 1. The highest BCUT2D eigenvalue weighted by Gasteiger charge is 2.45. The monoisotopic (exact) mass is 271 g/mol. The minimum Gasteiger partial charge on any atom is -0.481 e. The Hall–Kier alpha value is -1.30. The molecule has 0 spiro atoms. The Morgan fingerprint density at radius 2 is 1.95 bits per heavy atom. The molecule has 19 heavy (non-hydrogen) atoms. The van der Waals surface area contributed by atoms with Crippen LogP contribution in [-0.2, 0) is 4.79 Å². The molecule has 6 heteroatoms. The summed E-state index contributed by atoms with van der Waals surface area (Å²) in [5.41, 5.74) is 3.71. The number of amides is 2. The Bertz CT molecular complexity index is 366. The van der Waals surface area contributed by atoms with E-state index in [-0.39, 0.29) is 6.03 Å². The minimum atomic E-state index is -1.05. The topological polar surface area (TPSA) is 95.7 Å². The van der Waals surface area contributed by atoms with E-state index in [9.17, 15) is 14.7 Å². The number of likely N-dealkylation sites (tertiary alicyclic amines) is 1. The summed E-state index contributed by atoms with van der Waals surface area (Å²) < 4.78 is 0. The lowest BCUT2D eigenvalue weighted by atomic mass is 9.74. The molecule has 0 aromatic rings. The van der Waals surface area contributed by atoms with Crippen LogP contribution in [0.5, 0.6) is 0 Å². The molecule has 1 saturated heterocycles. The third-order valence-corrected chi connectivity index (χ3v) is 4.42. The Kier molecular flexibility index (Phi) is 4.45. The second-order valence-corrected chi connectivity index (χ2v) is 6.32. The van der Waals surface area contributed by atoms with Crippen molar-refractivity contribution in [2.24, 2.45) is 17.1 Å². The van der Waals surface area contributed by atoms with Gasteiger partial charge in [0.2, 0.25) is 0 Å². The molecule has 6 nitrogen and oxygen atoms in total. The highest BCUT2D eigenvalue weighted by Crippen LogP contribution is 2.31. The fraction of sp³-hybridized carbons (Fsp3) is 0.846. The molecule has 110 valence electrons. The van der Waals surface area contributed by atoms with Crippen molar-refractivity contribution in [1.29, 1.82) is 0 Å². The van der Waals surface area contributed by atoms with E-state index >= 15 is 0 Å². The Morgan fingerprint density at radius 1 is 1.37 bits per heavy atom. The molecule has 4 N–H and O–H groups in total. The van der Waals surface area contributed by atoms with Crippen LogP contribution in [0.2, 0.25) is 0 Å². The van der Waals surface area contributed by atoms with Gasteiger partial charge in [-0.05, 0) is 46.6 Å². The Labute approximate surface area is 114 Å². The lowest BCUT2D eigenvalue weighted by molar-refractivity contribution is -0.150. The predicted octanol–water partition coefficient (Wildman–Crippen LogP) is 0.866. The van der Waals surface area contributed by atoms with Gasteiger partial charge in [0, 0.05) is 13.1 Å². The molecule has 2 amide bonds. The molecule has 0 bridgehead atoms.